The van der Waals surface area contributed by atoms with Gasteiger partial charge in [0.15, 0.2) is 6.29 Å². The zero-order valence-electron chi connectivity index (χ0n) is 18.8. The van der Waals surface area contributed by atoms with Crippen molar-refractivity contribution in [3.63, 3.8) is 0 Å². The molecule has 0 atom stereocenters. The molecular weight excluding hydrogens is 478 g/mol. The predicted octanol–water partition coefficient (Wildman–Crippen LogP) is 6.99. The molecule has 1 aromatic heterocycles. The van der Waals surface area contributed by atoms with Gasteiger partial charge in [0, 0.05) is 29.0 Å². The Morgan fingerprint density at radius 2 is 1.66 bits per heavy atom. The van der Waals surface area contributed by atoms with Crippen LogP contribution < -0.4 is 0 Å². The lowest BCUT2D eigenvalue weighted by Gasteiger charge is -2.15. The molecule has 3 aromatic carbocycles. The fourth-order valence-electron chi connectivity index (χ4n) is 4.46. The van der Waals surface area contributed by atoms with E-state index in [0.717, 1.165) is 16.7 Å². The molecule has 0 radical (unpaired) electrons. The van der Waals surface area contributed by atoms with E-state index >= 15 is 0 Å². The number of pyridine rings is 1. The molecule has 174 valence electrons. The summed E-state index contributed by atoms with van der Waals surface area (Å²) < 4.78 is 5.75. The Balaban J connectivity index is 1.26. The summed E-state index contributed by atoms with van der Waals surface area (Å²) in [7, 11) is 0. The topological polar surface area (TPSA) is 56.3 Å². The van der Waals surface area contributed by atoms with Crippen molar-refractivity contribution in [3.8, 4) is 11.1 Å². The number of carbonyl (C=O) groups is 2. The van der Waals surface area contributed by atoms with E-state index in [1.165, 1.54) is 34.0 Å². The number of aryl methyl sites for hydroxylation is 1. The van der Waals surface area contributed by atoms with Gasteiger partial charge in [0.2, 0.25) is 0 Å². The fraction of sp³-hybridized carbons (Fsp3) is 0.138. The summed E-state index contributed by atoms with van der Waals surface area (Å²) in [5, 5.41) is 1.14. The van der Waals surface area contributed by atoms with Crippen molar-refractivity contribution in [2.45, 2.75) is 28.7 Å². The van der Waals surface area contributed by atoms with Gasteiger partial charge in [-0.05, 0) is 52.4 Å². The lowest BCUT2D eigenvalue weighted by molar-refractivity contribution is -0.143. The summed E-state index contributed by atoms with van der Waals surface area (Å²) >= 11 is 7.82. The number of carbonyl (C=O) groups excluding carboxylic acids is 2. The number of esters is 1. The first kappa shape index (κ1) is 23.3. The Bertz CT molecular complexity index is 1360. The smallest absolute Gasteiger partial charge is 0.306 e. The maximum Gasteiger partial charge on any atom is 0.306 e. The van der Waals surface area contributed by atoms with Gasteiger partial charge in [-0.2, -0.15) is 0 Å². The number of halogens is 1. The molecule has 0 N–H and O–H groups in total. The molecule has 4 nitrogen and oxygen atoms in total. The highest BCUT2D eigenvalue weighted by molar-refractivity contribution is 7.99. The third-order valence-electron chi connectivity index (χ3n) is 6.15. The highest BCUT2D eigenvalue weighted by atomic mass is 35.5. The summed E-state index contributed by atoms with van der Waals surface area (Å²) in [6.45, 7) is 0.306. The van der Waals surface area contributed by atoms with Crippen molar-refractivity contribution in [2.24, 2.45) is 0 Å². The van der Waals surface area contributed by atoms with Crippen LogP contribution in [0.2, 0.25) is 5.02 Å². The molecule has 0 amide bonds. The van der Waals surface area contributed by atoms with E-state index < -0.39 is 0 Å². The molecule has 0 spiro atoms. The average Bonchev–Trinajstić information content (AvgIpc) is 3.21. The highest BCUT2D eigenvalue weighted by Gasteiger charge is 2.29. The number of aromatic nitrogens is 1. The van der Waals surface area contributed by atoms with Crippen LogP contribution in [0.3, 0.4) is 0 Å². The van der Waals surface area contributed by atoms with E-state index in [1.54, 1.807) is 24.4 Å². The Morgan fingerprint density at radius 3 is 2.37 bits per heavy atom. The molecule has 5 rings (SSSR count). The Hall–Kier alpha value is -3.41. The fourth-order valence-corrected chi connectivity index (χ4v) is 5.78. The number of fused-ring (bicyclic) bond motifs is 3. The molecule has 4 aromatic rings. The number of hydrogen-bond acceptors (Lipinski definition) is 5. The van der Waals surface area contributed by atoms with Crippen molar-refractivity contribution >= 4 is 35.6 Å². The molecule has 0 unspecified atom stereocenters. The number of benzene rings is 3. The van der Waals surface area contributed by atoms with Crippen molar-refractivity contribution < 1.29 is 14.3 Å². The predicted molar refractivity (Wildman–Crippen MR) is 138 cm³/mol. The molecule has 1 heterocycles. The van der Waals surface area contributed by atoms with Gasteiger partial charge in [0.05, 0.1) is 5.02 Å². The molecule has 35 heavy (non-hydrogen) atoms. The van der Waals surface area contributed by atoms with Crippen LogP contribution in [0.5, 0.6) is 0 Å². The largest absolute Gasteiger partial charge is 0.465 e. The lowest BCUT2D eigenvalue weighted by atomic mass is 9.98. The first-order chi connectivity index (χ1) is 17.2. The summed E-state index contributed by atoms with van der Waals surface area (Å²) in [6, 6.07) is 25.6. The second kappa shape index (κ2) is 10.5. The number of nitrogens with zero attached hydrogens (tertiary/aromatic N) is 1. The normalized spacial score (nSPS) is 12.1. The van der Waals surface area contributed by atoms with Gasteiger partial charge in [-0.15, -0.1) is 0 Å². The Labute approximate surface area is 213 Å². The van der Waals surface area contributed by atoms with Gasteiger partial charge in [0.1, 0.15) is 11.6 Å². The van der Waals surface area contributed by atoms with Gasteiger partial charge >= 0.3 is 5.97 Å². The molecule has 1 aliphatic rings. The Morgan fingerprint density at radius 1 is 0.943 bits per heavy atom. The second-order valence-corrected chi connectivity index (χ2v) is 9.66. The van der Waals surface area contributed by atoms with Gasteiger partial charge in [-0.1, -0.05) is 84.0 Å². The van der Waals surface area contributed by atoms with Crippen LogP contribution in [0, 0.1) is 0 Å². The monoisotopic (exact) mass is 499 g/mol. The molecule has 6 heteroatoms. The third kappa shape index (κ3) is 4.88. The molecular formula is C29H22ClNO3S. The molecule has 0 saturated heterocycles. The minimum absolute atomic E-state index is 0.0366. The van der Waals surface area contributed by atoms with Gasteiger partial charge < -0.3 is 4.74 Å². The van der Waals surface area contributed by atoms with E-state index in [4.69, 9.17) is 16.3 Å². The van der Waals surface area contributed by atoms with Crippen LogP contribution in [0.1, 0.15) is 39.4 Å². The van der Waals surface area contributed by atoms with Crippen molar-refractivity contribution in [1.29, 1.82) is 0 Å². The van der Waals surface area contributed by atoms with E-state index in [9.17, 15) is 9.59 Å². The van der Waals surface area contributed by atoms with E-state index in [-0.39, 0.29) is 18.3 Å². The van der Waals surface area contributed by atoms with Crippen molar-refractivity contribution in [1.82, 2.24) is 4.98 Å². The van der Waals surface area contributed by atoms with Crippen LogP contribution in [0.15, 0.2) is 95.0 Å². The first-order valence-corrected chi connectivity index (χ1v) is 12.5. The van der Waals surface area contributed by atoms with Crippen LogP contribution in [0.4, 0.5) is 0 Å². The van der Waals surface area contributed by atoms with Crippen LogP contribution in [-0.4, -0.2) is 23.8 Å². The zero-order chi connectivity index (χ0) is 24.2. The quantitative estimate of drug-likeness (QED) is 0.193. The van der Waals surface area contributed by atoms with Crippen LogP contribution in [0.25, 0.3) is 11.1 Å². The Kier molecular flexibility index (Phi) is 6.98. The molecule has 0 fully saturated rings. The third-order valence-corrected chi connectivity index (χ3v) is 7.79. The summed E-state index contributed by atoms with van der Waals surface area (Å²) in [4.78, 5) is 29.2. The number of hydrogen-bond donors (Lipinski definition) is 0. The number of aldehydes is 1. The second-order valence-electron chi connectivity index (χ2n) is 8.26. The van der Waals surface area contributed by atoms with Gasteiger partial charge in [-0.25, -0.2) is 4.98 Å². The lowest BCUT2D eigenvalue weighted by Crippen LogP contribution is -2.13. The van der Waals surface area contributed by atoms with Crippen LogP contribution in [-0.2, 0) is 16.0 Å². The molecule has 0 aliphatic heterocycles. The number of rotatable bonds is 8. The molecule has 1 aliphatic carbocycles. The van der Waals surface area contributed by atoms with Gasteiger partial charge in [0.25, 0.3) is 0 Å². The molecule has 0 bridgehead atoms. The van der Waals surface area contributed by atoms with Gasteiger partial charge in [-0.3, -0.25) is 9.59 Å². The minimum atomic E-state index is -0.255. The maximum absolute atomic E-state index is 12.7. The van der Waals surface area contributed by atoms with Crippen LogP contribution >= 0.6 is 23.4 Å². The number of ether oxygens (including phenoxy) is 1. The summed E-state index contributed by atoms with van der Waals surface area (Å²) in [6.07, 6.45) is 3.13. The van der Waals surface area contributed by atoms with E-state index in [1.807, 2.05) is 36.4 Å². The van der Waals surface area contributed by atoms with Crippen molar-refractivity contribution in [3.05, 3.63) is 112 Å². The first-order valence-electron chi connectivity index (χ1n) is 11.3. The standard InChI is InChI=1S/C29H22ClNO3S/c30-26-13-5-7-19(28(26)35-29-20(17-32)8-6-16-31-29)14-15-27(33)34-18-25-23-11-3-1-9-21(23)22-10-2-4-12-24(22)25/h1-13,16-17,25H,14-15,18H2. The molecule has 0 saturated carbocycles. The SMILES string of the molecule is O=Cc1cccnc1Sc1c(Cl)cccc1CCC(=O)OCC1c2ccccc2-c2ccccc21. The highest BCUT2D eigenvalue weighted by Crippen LogP contribution is 2.44. The van der Waals surface area contributed by atoms with E-state index in [2.05, 4.69) is 29.2 Å². The average molecular weight is 500 g/mol. The van der Waals surface area contributed by atoms with E-state index in [0.29, 0.717) is 28.6 Å². The summed E-state index contributed by atoms with van der Waals surface area (Å²) in [5.41, 5.74) is 6.20. The zero-order valence-corrected chi connectivity index (χ0v) is 20.4. The maximum atomic E-state index is 12.7. The summed E-state index contributed by atoms with van der Waals surface area (Å²) in [5.74, 6) is -0.219. The van der Waals surface area contributed by atoms with Crippen molar-refractivity contribution in [2.75, 3.05) is 6.61 Å². The minimum Gasteiger partial charge on any atom is -0.465 e.